The molecule has 4 heterocycles. The van der Waals surface area contributed by atoms with Crippen LogP contribution in [0.1, 0.15) is 43.5 Å². The summed E-state index contributed by atoms with van der Waals surface area (Å²) >= 11 is 0. The number of carbonyl (C=O) groups excluding carboxylic acids is 1. The van der Waals surface area contributed by atoms with Gasteiger partial charge in [-0.25, -0.2) is 19.3 Å². The highest BCUT2D eigenvalue weighted by Crippen LogP contribution is 2.44. The van der Waals surface area contributed by atoms with Crippen LogP contribution in [0, 0.1) is 11.7 Å². The topological polar surface area (TPSA) is 78.0 Å². The van der Waals surface area contributed by atoms with E-state index in [2.05, 4.69) is 29.7 Å². The van der Waals surface area contributed by atoms with E-state index < -0.39 is 5.82 Å². The maximum Gasteiger partial charge on any atom is 0.226 e. The van der Waals surface area contributed by atoms with Crippen molar-refractivity contribution in [3.05, 3.63) is 35.9 Å². The third-order valence-corrected chi connectivity index (χ3v) is 6.46. The number of nitrogens with one attached hydrogen (secondary N) is 1. The van der Waals surface area contributed by atoms with Crippen molar-refractivity contribution in [2.24, 2.45) is 5.92 Å². The minimum atomic E-state index is -0.432. The quantitative estimate of drug-likeness (QED) is 0.875. The maximum atomic E-state index is 13.2. The van der Waals surface area contributed by atoms with E-state index in [1.54, 1.807) is 6.33 Å². The summed E-state index contributed by atoms with van der Waals surface area (Å²) in [6.45, 7) is 2.18. The Hall–Kier alpha value is -2.51. The molecule has 1 saturated heterocycles. The van der Waals surface area contributed by atoms with E-state index >= 15 is 0 Å². The minimum absolute atomic E-state index is 0.181. The number of rotatable bonds is 2. The molecule has 0 aromatic carbocycles. The number of aromatic nitrogens is 4. The molecule has 5 rings (SSSR count). The number of nitrogens with zero attached hydrogens (tertiary/aromatic N) is 5. The molecule has 1 amide bonds. The van der Waals surface area contributed by atoms with Crippen LogP contribution in [0.25, 0.3) is 0 Å². The molecular weight excluding hydrogens is 347 g/mol. The first-order valence-electron chi connectivity index (χ1n) is 9.74. The first-order valence-corrected chi connectivity index (χ1v) is 9.74. The molecule has 8 heteroatoms. The zero-order valence-corrected chi connectivity index (χ0v) is 15.2. The lowest BCUT2D eigenvalue weighted by atomic mass is 9.76. The molecule has 1 aliphatic carbocycles. The lowest BCUT2D eigenvalue weighted by Crippen LogP contribution is -2.60. The van der Waals surface area contributed by atoms with Gasteiger partial charge in [-0.2, -0.15) is 0 Å². The van der Waals surface area contributed by atoms with Gasteiger partial charge < -0.3 is 14.8 Å². The average molecular weight is 370 g/mol. The van der Waals surface area contributed by atoms with Crippen LogP contribution in [-0.4, -0.2) is 50.4 Å². The van der Waals surface area contributed by atoms with Gasteiger partial charge in [0.1, 0.15) is 0 Å². The fourth-order valence-corrected chi connectivity index (χ4v) is 4.73. The minimum Gasteiger partial charge on any atom is -0.348 e. The van der Waals surface area contributed by atoms with Gasteiger partial charge in [-0.05, 0) is 25.7 Å². The number of hydrogen-bond donors (Lipinski definition) is 1. The van der Waals surface area contributed by atoms with Crippen LogP contribution in [0.15, 0.2) is 18.7 Å². The Balaban J connectivity index is 1.43. The number of carbonyl (C=O) groups is 1. The van der Waals surface area contributed by atoms with Gasteiger partial charge in [0.05, 0.1) is 30.0 Å². The van der Waals surface area contributed by atoms with Crippen LogP contribution >= 0.6 is 0 Å². The zero-order valence-electron chi connectivity index (χ0n) is 15.2. The molecule has 0 unspecified atom stereocenters. The van der Waals surface area contributed by atoms with E-state index in [-0.39, 0.29) is 11.5 Å². The molecule has 3 aliphatic rings. The van der Waals surface area contributed by atoms with E-state index in [9.17, 15) is 9.18 Å². The summed E-state index contributed by atoms with van der Waals surface area (Å²) in [6.07, 6.45) is 9.72. The lowest BCUT2D eigenvalue weighted by Gasteiger charge is -2.51. The third-order valence-electron chi connectivity index (χ3n) is 6.46. The van der Waals surface area contributed by atoms with Crippen LogP contribution < -0.4 is 4.90 Å². The predicted molar refractivity (Wildman–Crippen MR) is 96.5 cm³/mol. The summed E-state index contributed by atoms with van der Waals surface area (Å²) in [5.41, 5.74) is 1.83. The Bertz CT molecular complexity index is 838. The van der Waals surface area contributed by atoms with Crippen molar-refractivity contribution in [1.29, 1.82) is 0 Å². The van der Waals surface area contributed by atoms with Crippen LogP contribution in [0.3, 0.4) is 0 Å². The van der Waals surface area contributed by atoms with Gasteiger partial charge in [0.15, 0.2) is 5.82 Å². The summed E-state index contributed by atoms with van der Waals surface area (Å²) < 4.78 is 13.1. The van der Waals surface area contributed by atoms with E-state index in [1.165, 1.54) is 12.4 Å². The van der Waals surface area contributed by atoms with Crippen LogP contribution in [0.2, 0.25) is 0 Å². The number of fused-ring (bicyclic) bond motifs is 2. The fourth-order valence-electron chi connectivity index (χ4n) is 4.73. The third kappa shape index (κ3) is 2.61. The number of hydrogen-bond acceptors (Lipinski definition) is 5. The number of amides is 1. The van der Waals surface area contributed by atoms with Gasteiger partial charge in [0.25, 0.3) is 0 Å². The molecule has 27 heavy (non-hydrogen) atoms. The molecule has 0 radical (unpaired) electrons. The smallest absolute Gasteiger partial charge is 0.226 e. The molecule has 1 saturated carbocycles. The second kappa shape index (κ2) is 6.28. The number of halogens is 1. The second-order valence-corrected chi connectivity index (χ2v) is 7.82. The standard InChI is InChI=1S/C19H23FN6O/c20-14-10-21-18(22-11-14)25-8-5-19(6-9-25)16-15(23-12-24-16)4-7-26(19)17(27)13-2-1-3-13/h10-13H,1-9H2,(H,23,24). The fraction of sp³-hybridized carbons (Fsp3) is 0.579. The summed E-state index contributed by atoms with van der Waals surface area (Å²) in [7, 11) is 0. The van der Waals surface area contributed by atoms with Crippen LogP contribution in [-0.2, 0) is 16.8 Å². The molecule has 2 fully saturated rings. The summed E-state index contributed by atoms with van der Waals surface area (Å²) in [6, 6.07) is 0. The van der Waals surface area contributed by atoms with Crippen LogP contribution in [0.5, 0.6) is 0 Å². The monoisotopic (exact) mass is 370 g/mol. The van der Waals surface area contributed by atoms with Crippen molar-refractivity contribution in [3.8, 4) is 0 Å². The average Bonchev–Trinajstić information content (AvgIpc) is 3.12. The Kier molecular flexibility index (Phi) is 3.87. The first kappa shape index (κ1) is 16.6. The second-order valence-electron chi connectivity index (χ2n) is 7.82. The summed E-state index contributed by atoms with van der Waals surface area (Å²) in [4.78, 5) is 33.5. The Morgan fingerprint density at radius 3 is 2.56 bits per heavy atom. The van der Waals surface area contributed by atoms with Gasteiger partial charge in [0, 0.05) is 37.7 Å². The Morgan fingerprint density at radius 1 is 1.15 bits per heavy atom. The lowest BCUT2D eigenvalue weighted by molar-refractivity contribution is -0.147. The largest absolute Gasteiger partial charge is 0.348 e. The van der Waals surface area contributed by atoms with E-state index in [0.29, 0.717) is 24.9 Å². The van der Waals surface area contributed by atoms with E-state index in [0.717, 1.165) is 56.5 Å². The highest BCUT2D eigenvalue weighted by atomic mass is 19.1. The van der Waals surface area contributed by atoms with Crippen molar-refractivity contribution in [2.45, 2.75) is 44.1 Å². The molecule has 1 spiro atoms. The normalized spacial score (nSPS) is 21.8. The SMILES string of the molecule is O=C(C1CCC1)N1CCc2[nH]cnc2C12CCN(c1ncc(F)cn1)CC2. The molecular formula is C19H23FN6O. The van der Waals surface area contributed by atoms with Crippen molar-refractivity contribution in [1.82, 2.24) is 24.8 Å². The van der Waals surface area contributed by atoms with Crippen LogP contribution in [0.4, 0.5) is 10.3 Å². The number of H-pyrrole nitrogens is 1. The Morgan fingerprint density at radius 2 is 1.89 bits per heavy atom. The molecule has 1 N–H and O–H groups in total. The van der Waals surface area contributed by atoms with Crippen molar-refractivity contribution in [3.63, 3.8) is 0 Å². The zero-order chi connectivity index (χ0) is 18.4. The van der Waals surface area contributed by atoms with Gasteiger partial charge >= 0.3 is 0 Å². The first-order chi connectivity index (χ1) is 13.2. The molecule has 2 aliphatic heterocycles. The van der Waals surface area contributed by atoms with Gasteiger partial charge in [-0.3, -0.25) is 4.79 Å². The van der Waals surface area contributed by atoms with Gasteiger partial charge in [0.2, 0.25) is 11.9 Å². The highest BCUT2D eigenvalue weighted by Gasteiger charge is 2.50. The predicted octanol–water partition coefficient (Wildman–Crippen LogP) is 2.02. The molecule has 0 atom stereocenters. The van der Waals surface area contributed by atoms with E-state index in [1.807, 2.05) is 0 Å². The van der Waals surface area contributed by atoms with Gasteiger partial charge in [-0.15, -0.1) is 0 Å². The summed E-state index contributed by atoms with van der Waals surface area (Å²) in [5, 5.41) is 0. The van der Waals surface area contributed by atoms with Crippen molar-refractivity contribution in [2.75, 3.05) is 24.5 Å². The molecule has 7 nitrogen and oxygen atoms in total. The molecule has 142 valence electrons. The maximum absolute atomic E-state index is 13.2. The van der Waals surface area contributed by atoms with Gasteiger partial charge in [-0.1, -0.05) is 6.42 Å². The molecule has 0 bridgehead atoms. The Labute approximate surface area is 157 Å². The number of imidazole rings is 1. The van der Waals surface area contributed by atoms with Crippen molar-refractivity contribution < 1.29 is 9.18 Å². The number of aromatic amines is 1. The number of anilines is 1. The molecule has 2 aromatic rings. The van der Waals surface area contributed by atoms with Crippen molar-refractivity contribution >= 4 is 11.9 Å². The number of piperidine rings is 1. The summed E-state index contributed by atoms with van der Waals surface area (Å²) in [5.74, 6) is 0.585. The molecule has 2 aromatic heterocycles. The highest BCUT2D eigenvalue weighted by molar-refractivity contribution is 5.81. The van der Waals surface area contributed by atoms with E-state index in [4.69, 9.17) is 0 Å².